The molecular weight excluding hydrogens is 276 g/mol. The highest BCUT2D eigenvalue weighted by molar-refractivity contribution is 7.12. The van der Waals surface area contributed by atoms with Gasteiger partial charge in [-0.15, -0.1) is 11.3 Å². The van der Waals surface area contributed by atoms with Gasteiger partial charge >= 0.3 is 6.03 Å². The molecule has 6 heteroatoms. The average molecular weight is 290 g/mol. The summed E-state index contributed by atoms with van der Waals surface area (Å²) in [6.45, 7) is 2.35. The quantitative estimate of drug-likeness (QED) is 0.909. The molecule has 2 N–H and O–H groups in total. The van der Waals surface area contributed by atoms with E-state index in [1.165, 1.54) is 11.3 Å². The topological polar surface area (TPSA) is 67.4 Å². The van der Waals surface area contributed by atoms with Crippen LogP contribution in [0, 0.1) is 0 Å². The van der Waals surface area contributed by atoms with Crippen molar-refractivity contribution in [3.05, 3.63) is 46.7 Å². The summed E-state index contributed by atoms with van der Waals surface area (Å²) in [7, 11) is 0. The van der Waals surface area contributed by atoms with Gasteiger partial charge in [0.15, 0.2) is 0 Å². The Bertz CT molecular complexity index is 596. The Morgan fingerprint density at radius 1 is 1.20 bits per heavy atom. The van der Waals surface area contributed by atoms with Crippen LogP contribution in [0.4, 0.5) is 10.5 Å². The van der Waals surface area contributed by atoms with Crippen molar-refractivity contribution >= 4 is 29.0 Å². The zero-order valence-electron chi connectivity index (χ0n) is 10.9. The first-order valence-corrected chi connectivity index (χ1v) is 6.96. The van der Waals surface area contributed by atoms with Gasteiger partial charge in [-0.05, 0) is 30.5 Å². The van der Waals surface area contributed by atoms with Crippen molar-refractivity contribution in [3.8, 4) is 5.75 Å². The van der Waals surface area contributed by atoms with E-state index in [0.717, 1.165) is 0 Å². The maximum Gasteiger partial charge on any atom is 0.326 e. The summed E-state index contributed by atoms with van der Waals surface area (Å²) in [5.41, 5.74) is 0.519. The Hall–Kier alpha value is -2.34. The van der Waals surface area contributed by atoms with E-state index in [4.69, 9.17) is 4.74 Å². The third-order valence-electron chi connectivity index (χ3n) is 2.41. The number of ether oxygens (including phenoxy) is 1. The first-order chi connectivity index (χ1) is 9.70. The minimum Gasteiger partial charge on any atom is -0.492 e. The van der Waals surface area contributed by atoms with E-state index in [1.54, 1.807) is 35.7 Å². The molecule has 104 valence electrons. The fraction of sp³-hybridized carbons (Fsp3) is 0.143. The smallest absolute Gasteiger partial charge is 0.326 e. The summed E-state index contributed by atoms with van der Waals surface area (Å²) in [6.07, 6.45) is 0. The summed E-state index contributed by atoms with van der Waals surface area (Å²) in [5.74, 6) is 0.139. The highest BCUT2D eigenvalue weighted by Crippen LogP contribution is 2.23. The van der Waals surface area contributed by atoms with E-state index in [0.29, 0.717) is 22.9 Å². The average Bonchev–Trinajstić information content (AvgIpc) is 2.95. The highest BCUT2D eigenvalue weighted by Gasteiger charge is 2.12. The molecule has 1 heterocycles. The Morgan fingerprint density at radius 2 is 2.00 bits per heavy atom. The van der Waals surface area contributed by atoms with E-state index in [1.807, 2.05) is 13.0 Å². The second-order valence-corrected chi connectivity index (χ2v) is 4.76. The van der Waals surface area contributed by atoms with Crippen molar-refractivity contribution in [3.63, 3.8) is 0 Å². The molecule has 0 fully saturated rings. The van der Waals surface area contributed by atoms with E-state index < -0.39 is 11.9 Å². The van der Waals surface area contributed by atoms with Crippen molar-refractivity contribution < 1.29 is 14.3 Å². The number of urea groups is 1. The van der Waals surface area contributed by atoms with Crippen LogP contribution in [-0.2, 0) is 0 Å². The number of nitrogens with one attached hydrogen (secondary N) is 2. The van der Waals surface area contributed by atoms with Gasteiger partial charge in [0.25, 0.3) is 5.91 Å². The largest absolute Gasteiger partial charge is 0.492 e. The van der Waals surface area contributed by atoms with Gasteiger partial charge in [-0.3, -0.25) is 10.1 Å². The number of benzene rings is 1. The lowest BCUT2D eigenvalue weighted by molar-refractivity contribution is 0.0971. The van der Waals surface area contributed by atoms with Gasteiger partial charge in [0.1, 0.15) is 5.75 Å². The fourth-order valence-electron chi connectivity index (χ4n) is 1.58. The van der Waals surface area contributed by atoms with Gasteiger partial charge in [-0.2, -0.15) is 0 Å². The molecule has 1 aromatic heterocycles. The van der Waals surface area contributed by atoms with E-state index in [9.17, 15) is 9.59 Å². The molecule has 3 amide bonds. The number of hydrogen-bond donors (Lipinski definition) is 2. The van der Waals surface area contributed by atoms with Gasteiger partial charge < -0.3 is 10.1 Å². The fourth-order valence-corrected chi connectivity index (χ4v) is 2.20. The molecule has 0 radical (unpaired) electrons. The lowest BCUT2D eigenvalue weighted by Crippen LogP contribution is -2.34. The number of hydrogen-bond acceptors (Lipinski definition) is 4. The molecule has 0 atom stereocenters. The maximum absolute atomic E-state index is 11.8. The number of para-hydroxylation sites is 2. The van der Waals surface area contributed by atoms with Crippen LogP contribution in [0.3, 0.4) is 0 Å². The minimum absolute atomic E-state index is 0.425. The van der Waals surface area contributed by atoms with E-state index >= 15 is 0 Å². The minimum atomic E-state index is -0.587. The summed E-state index contributed by atoms with van der Waals surface area (Å²) in [4.78, 5) is 24.0. The molecule has 0 saturated heterocycles. The lowest BCUT2D eigenvalue weighted by Gasteiger charge is -2.11. The number of amides is 3. The molecular formula is C14H14N2O3S. The lowest BCUT2D eigenvalue weighted by atomic mass is 10.3. The van der Waals surface area contributed by atoms with Crippen LogP contribution in [0.5, 0.6) is 5.75 Å². The molecule has 0 saturated carbocycles. The van der Waals surface area contributed by atoms with Crippen molar-refractivity contribution in [2.75, 3.05) is 11.9 Å². The van der Waals surface area contributed by atoms with Gasteiger partial charge in [0.2, 0.25) is 0 Å². The number of imide groups is 1. The van der Waals surface area contributed by atoms with E-state index in [2.05, 4.69) is 10.6 Å². The van der Waals surface area contributed by atoms with Gasteiger partial charge in [0, 0.05) is 0 Å². The summed E-state index contributed by atoms with van der Waals surface area (Å²) in [5, 5.41) is 6.64. The molecule has 0 spiro atoms. The third kappa shape index (κ3) is 3.58. The molecule has 2 rings (SSSR count). The maximum atomic E-state index is 11.8. The number of anilines is 1. The van der Waals surface area contributed by atoms with Crippen LogP contribution in [0.2, 0.25) is 0 Å². The Kier molecular flexibility index (Phi) is 4.73. The molecule has 20 heavy (non-hydrogen) atoms. The van der Waals surface area contributed by atoms with Gasteiger partial charge in [-0.25, -0.2) is 4.79 Å². The van der Waals surface area contributed by atoms with Crippen LogP contribution in [-0.4, -0.2) is 18.5 Å². The number of carbonyl (C=O) groups excluding carboxylic acids is 2. The molecule has 0 aliphatic heterocycles. The molecule has 0 aliphatic rings. The molecule has 0 bridgehead atoms. The molecule has 1 aromatic carbocycles. The summed E-state index contributed by atoms with van der Waals surface area (Å²) < 4.78 is 5.39. The predicted molar refractivity (Wildman–Crippen MR) is 78.4 cm³/mol. The highest BCUT2D eigenvalue weighted by atomic mass is 32.1. The number of rotatable bonds is 4. The Morgan fingerprint density at radius 3 is 2.70 bits per heavy atom. The molecule has 2 aromatic rings. The SMILES string of the molecule is CCOc1ccccc1NC(=O)NC(=O)c1cccs1. The zero-order chi connectivity index (χ0) is 14.4. The first kappa shape index (κ1) is 14.1. The molecule has 0 unspecified atom stereocenters. The monoisotopic (exact) mass is 290 g/mol. The first-order valence-electron chi connectivity index (χ1n) is 6.08. The van der Waals surface area contributed by atoms with Crippen molar-refractivity contribution in [1.29, 1.82) is 0 Å². The van der Waals surface area contributed by atoms with Crippen molar-refractivity contribution in [2.45, 2.75) is 6.92 Å². The standard InChI is InChI=1S/C14H14N2O3S/c1-2-19-11-7-4-3-6-10(11)15-14(18)16-13(17)12-8-5-9-20-12/h3-9H,2H2,1H3,(H2,15,16,17,18). The molecule has 5 nitrogen and oxygen atoms in total. The normalized spacial score (nSPS) is 9.85. The summed E-state index contributed by atoms with van der Waals surface area (Å²) in [6, 6.07) is 9.86. The second kappa shape index (κ2) is 6.72. The number of thiophene rings is 1. The second-order valence-electron chi connectivity index (χ2n) is 3.81. The van der Waals surface area contributed by atoms with Gasteiger partial charge in [-0.1, -0.05) is 18.2 Å². The van der Waals surface area contributed by atoms with Gasteiger partial charge in [0.05, 0.1) is 17.2 Å². The van der Waals surface area contributed by atoms with Crippen LogP contribution >= 0.6 is 11.3 Å². The predicted octanol–water partition coefficient (Wildman–Crippen LogP) is 3.11. The van der Waals surface area contributed by atoms with E-state index in [-0.39, 0.29) is 0 Å². The van der Waals surface area contributed by atoms with Crippen molar-refractivity contribution in [1.82, 2.24) is 5.32 Å². The summed E-state index contributed by atoms with van der Waals surface area (Å²) >= 11 is 1.27. The van der Waals surface area contributed by atoms with Crippen LogP contribution in [0.1, 0.15) is 16.6 Å². The van der Waals surface area contributed by atoms with Crippen LogP contribution in [0.15, 0.2) is 41.8 Å². The molecule has 0 aliphatic carbocycles. The van der Waals surface area contributed by atoms with Crippen LogP contribution in [0.25, 0.3) is 0 Å². The Labute approximate surface area is 120 Å². The zero-order valence-corrected chi connectivity index (χ0v) is 11.7. The van der Waals surface area contributed by atoms with Crippen LogP contribution < -0.4 is 15.4 Å². The van der Waals surface area contributed by atoms with Crippen molar-refractivity contribution in [2.24, 2.45) is 0 Å². The number of carbonyl (C=O) groups is 2. The Balaban J connectivity index is 2.00. The third-order valence-corrected chi connectivity index (χ3v) is 3.28.